The van der Waals surface area contributed by atoms with Crippen molar-refractivity contribution in [2.75, 3.05) is 6.61 Å². The zero-order valence-corrected chi connectivity index (χ0v) is 36.4. The van der Waals surface area contributed by atoms with Gasteiger partial charge in [-0.2, -0.15) is 0 Å². The molecular weight excluding hydrogens is 687 g/mol. The first-order valence-electron chi connectivity index (χ1n) is 23.1. The lowest BCUT2D eigenvalue weighted by atomic mass is 10.0. The summed E-state index contributed by atoms with van der Waals surface area (Å²) in [6.07, 6.45) is 71.5. The van der Waals surface area contributed by atoms with Crippen molar-refractivity contribution in [1.82, 2.24) is 5.32 Å². The van der Waals surface area contributed by atoms with Crippen LogP contribution in [0.15, 0.2) is 109 Å². The summed E-state index contributed by atoms with van der Waals surface area (Å²) in [5.41, 5.74) is 0. The SMILES string of the molecule is CC/C=C\C/C=C\C/C=C\C/C=C\C/C=C\C/C=C\C/C=C\C/C=C\CCCCCCCCCCCCCCCCCCC(=O)NC(CO)C(O)/C=C/CCC. The fraction of sp³-hybridized carbons (Fsp3) is 0.635. The number of nitrogens with one attached hydrogen (secondary N) is 1. The van der Waals surface area contributed by atoms with Crippen LogP contribution in [-0.4, -0.2) is 34.9 Å². The number of rotatable bonds is 40. The van der Waals surface area contributed by atoms with Crippen molar-refractivity contribution in [3.63, 3.8) is 0 Å². The van der Waals surface area contributed by atoms with E-state index in [4.69, 9.17) is 0 Å². The van der Waals surface area contributed by atoms with Crippen LogP contribution in [-0.2, 0) is 4.79 Å². The average Bonchev–Trinajstić information content (AvgIpc) is 3.20. The number of allylic oxidation sites excluding steroid dienone is 17. The number of carbonyl (C=O) groups excluding carboxylic acids is 1. The number of amides is 1. The van der Waals surface area contributed by atoms with Gasteiger partial charge in [-0.3, -0.25) is 4.79 Å². The summed E-state index contributed by atoms with van der Waals surface area (Å²) in [6, 6.07) is -0.621. The van der Waals surface area contributed by atoms with Crippen LogP contribution in [0.1, 0.15) is 194 Å². The summed E-state index contributed by atoms with van der Waals surface area (Å²) in [4.78, 5) is 12.2. The third kappa shape index (κ3) is 42.2. The Bertz CT molecular complexity index is 1110. The molecule has 4 heteroatoms. The van der Waals surface area contributed by atoms with Crippen LogP contribution in [0.4, 0.5) is 0 Å². The minimum absolute atomic E-state index is 0.0804. The number of hydrogen-bond acceptors (Lipinski definition) is 3. The first kappa shape index (κ1) is 53.0. The van der Waals surface area contributed by atoms with Crippen molar-refractivity contribution < 1.29 is 15.0 Å². The number of unbranched alkanes of at least 4 members (excludes halogenated alkanes) is 17. The van der Waals surface area contributed by atoms with Gasteiger partial charge in [-0.25, -0.2) is 0 Å². The van der Waals surface area contributed by atoms with Gasteiger partial charge in [0.2, 0.25) is 5.91 Å². The van der Waals surface area contributed by atoms with Crippen molar-refractivity contribution in [2.45, 2.75) is 206 Å². The van der Waals surface area contributed by atoms with Gasteiger partial charge in [-0.05, 0) is 77.0 Å². The van der Waals surface area contributed by atoms with E-state index in [-0.39, 0.29) is 12.5 Å². The quantitative estimate of drug-likeness (QED) is 0.0429. The minimum Gasteiger partial charge on any atom is -0.394 e. The fourth-order valence-corrected chi connectivity index (χ4v) is 6.26. The first-order chi connectivity index (χ1) is 27.7. The summed E-state index contributed by atoms with van der Waals surface area (Å²) in [7, 11) is 0. The summed E-state index contributed by atoms with van der Waals surface area (Å²) >= 11 is 0. The lowest BCUT2D eigenvalue weighted by Gasteiger charge is -2.19. The highest BCUT2D eigenvalue weighted by Gasteiger charge is 2.17. The largest absolute Gasteiger partial charge is 0.394 e. The van der Waals surface area contributed by atoms with E-state index in [1.165, 1.54) is 96.3 Å². The van der Waals surface area contributed by atoms with E-state index in [2.05, 4.69) is 116 Å². The molecule has 2 atom stereocenters. The molecule has 0 heterocycles. The van der Waals surface area contributed by atoms with Crippen LogP contribution >= 0.6 is 0 Å². The first-order valence-corrected chi connectivity index (χ1v) is 23.1. The van der Waals surface area contributed by atoms with Crippen LogP contribution in [0, 0.1) is 0 Å². The van der Waals surface area contributed by atoms with Crippen LogP contribution in [0.25, 0.3) is 0 Å². The van der Waals surface area contributed by atoms with Gasteiger partial charge in [0, 0.05) is 6.42 Å². The second kappa shape index (κ2) is 46.4. The van der Waals surface area contributed by atoms with Gasteiger partial charge in [0.15, 0.2) is 0 Å². The Kier molecular flexibility index (Phi) is 44.0. The molecule has 4 nitrogen and oxygen atoms in total. The Morgan fingerprint density at radius 2 is 0.786 bits per heavy atom. The van der Waals surface area contributed by atoms with Gasteiger partial charge in [-0.15, -0.1) is 0 Å². The maximum Gasteiger partial charge on any atom is 0.220 e. The number of hydrogen-bond donors (Lipinski definition) is 3. The predicted octanol–water partition coefficient (Wildman–Crippen LogP) is 14.8. The van der Waals surface area contributed by atoms with E-state index in [0.717, 1.165) is 77.0 Å². The van der Waals surface area contributed by atoms with Crippen LogP contribution in [0.2, 0.25) is 0 Å². The Labute approximate surface area is 346 Å². The number of carbonyl (C=O) groups is 1. The maximum atomic E-state index is 12.2. The molecule has 0 bridgehead atoms. The second-order valence-corrected chi connectivity index (χ2v) is 15.1. The molecule has 0 spiro atoms. The van der Waals surface area contributed by atoms with Crippen LogP contribution < -0.4 is 5.32 Å². The van der Waals surface area contributed by atoms with E-state index >= 15 is 0 Å². The number of aliphatic hydroxyl groups excluding tert-OH is 2. The highest BCUT2D eigenvalue weighted by atomic mass is 16.3. The molecule has 0 aliphatic carbocycles. The molecule has 0 radical (unpaired) electrons. The predicted molar refractivity (Wildman–Crippen MR) is 248 cm³/mol. The normalized spacial score (nSPS) is 14.0. The minimum atomic E-state index is -0.838. The molecule has 0 aliphatic heterocycles. The lowest BCUT2D eigenvalue weighted by molar-refractivity contribution is -0.123. The van der Waals surface area contributed by atoms with E-state index in [9.17, 15) is 15.0 Å². The second-order valence-electron chi connectivity index (χ2n) is 15.1. The zero-order valence-electron chi connectivity index (χ0n) is 36.4. The highest BCUT2D eigenvalue weighted by Crippen LogP contribution is 2.15. The van der Waals surface area contributed by atoms with Gasteiger partial charge in [-0.1, -0.05) is 220 Å². The average molecular weight is 774 g/mol. The fourth-order valence-electron chi connectivity index (χ4n) is 6.26. The topological polar surface area (TPSA) is 69.6 Å². The monoisotopic (exact) mass is 774 g/mol. The third-order valence-corrected chi connectivity index (χ3v) is 9.74. The molecule has 1 amide bonds. The van der Waals surface area contributed by atoms with Crippen molar-refractivity contribution in [3.8, 4) is 0 Å². The molecule has 0 fully saturated rings. The summed E-state index contributed by atoms with van der Waals surface area (Å²) in [6.45, 7) is 3.98. The maximum absolute atomic E-state index is 12.2. The van der Waals surface area contributed by atoms with E-state index in [0.29, 0.717) is 6.42 Å². The van der Waals surface area contributed by atoms with Crippen molar-refractivity contribution in [1.29, 1.82) is 0 Å². The molecule has 0 saturated carbocycles. The zero-order chi connectivity index (χ0) is 40.7. The summed E-state index contributed by atoms with van der Waals surface area (Å²) in [5.74, 6) is -0.0804. The van der Waals surface area contributed by atoms with E-state index in [1.54, 1.807) is 6.08 Å². The van der Waals surface area contributed by atoms with Crippen molar-refractivity contribution >= 4 is 5.91 Å². The highest BCUT2D eigenvalue weighted by molar-refractivity contribution is 5.76. The molecule has 0 rings (SSSR count). The molecule has 0 aromatic heterocycles. The Balaban J connectivity index is 3.46. The Morgan fingerprint density at radius 3 is 1.14 bits per heavy atom. The van der Waals surface area contributed by atoms with Gasteiger partial charge in [0.05, 0.1) is 18.8 Å². The smallest absolute Gasteiger partial charge is 0.220 e. The lowest BCUT2D eigenvalue weighted by Crippen LogP contribution is -2.45. The standard InChI is InChI=1S/C52H87NO3/c1-3-5-7-8-9-10-11-12-13-14-15-16-17-18-19-20-21-22-23-24-25-26-27-28-29-30-31-32-33-34-35-36-37-38-39-40-41-42-43-44-46-48-52(56)53-50(49-54)51(55)47-45-6-4-2/h5,7,9-10,12-13,15-16,18-19,21-22,24-25,27-28,45,47,50-51,54-55H,3-4,6,8,11,14,17,20,23,26,29-44,46,48-49H2,1-2H3,(H,53,56)/b7-5-,10-9-,13-12-,16-15-,19-18-,22-21-,25-24-,28-27-,47-45+. The third-order valence-electron chi connectivity index (χ3n) is 9.74. The molecule has 318 valence electrons. The molecule has 2 unspecified atom stereocenters. The Morgan fingerprint density at radius 1 is 0.446 bits per heavy atom. The molecule has 56 heavy (non-hydrogen) atoms. The molecule has 0 aromatic carbocycles. The summed E-state index contributed by atoms with van der Waals surface area (Å²) in [5, 5.41) is 22.4. The van der Waals surface area contributed by atoms with Gasteiger partial charge < -0.3 is 15.5 Å². The van der Waals surface area contributed by atoms with E-state index in [1.807, 2.05) is 6.08 Å². The molecular formula is C52H87NO3. The van der Waals surface area contributed by atoms with E-state index < -0.39 is 12.1 Å². The molecule has 0 aliphatic rings. The van der Waals surface area contributed by atoms with Gasteiger partial charge in [0.1, 0.15) is 0 Å². The van der Waals surface area contributed by atoms with Gasteiger partial charge >= 0.3 is 0 Å². The molecule has 3 N–H and O–H groups in total. The Hall–Kier alpha value is -2.95. The number of aliphatic hydroxyl groups is 2. The van der Waals surface area contributed by atoms with Crippen LogP contribution in [0.5, 0.6) is 0 Å². The van der Waals surface area contributed by atoms with Crippen LogP contribution in [0.3, 0.4) is 0 Å². The molecule has 0 aromatic rings. The molecule has 0 saturated heterocycles. The van der Waals surface area contributed by atoms with Gasteiger partial charge in [0.25, 0.3) is 0 Å². The van der Waals surface area contributed by atoms with Crippen molar-refractivity contribution in [2.24, 2.45) is 0 Å². The van der Waals surface area contributed by atoms with Crippen molar-refractivity contribution in [3.05, 3.63) is 109 Å². The summed E-state index contributed by atoms with van der Waals surface area (Å²) < 4.78 is 0.